The second-order valence-corrected chi connectivity index (χ2v) is 9.91. The number of imide groups is 1. The minimum atomic E-state index is -0.615. The van der Waals surface area contributed by atoms with Crippen LogP contribution in [0.4, 0.5) is 0 Å². The molecule has 0 spiro atoms. The lowest BCUT2D eigenvalue weighted by Crippen LogP contribution is -2.39. The molecule has 4 rings (SSSR count). The molecule has 10 heteroatoms. The van der Waals surface area contributed by atoms with E-state index in [4.69, 9.17) is 27.9 Å². The Morgan fingerprint density at radius 1 is 1.09 bits per heavy atom. The van der Waals surface area contributed by atoms with Crippen LogP contribution in [0.2, 0.25) is 10.0 Å². The number of rotatable bonds is 5. The van der Waals surface area contributed by atoms with Gasteiger partial charge in [-0.15, -0.1) is 11.8 Å². The number of benzene rings is 2. The smallest absolute Gasteiger partial charge is 0.255 e. The fourth-order valence-electron chi connectivity index (χ4n) is 3.94. The predicted molar refractivity (Wildman–Crippen MR) is 127 cm³/mol. The first-order chi connectivity index (χ1) is 15.8. The van der Waals surface area contributed by atoms with Crippen molar-refractivity contribution in [2.75, 3.05) is 5.75 Å². The maximum absolute atomic E-state index is 12.7. The van der Waals surface area contributed by atoms with Crippen LogP contribution in [0.1, 0.15) is 53.3 Å². The quantitative estimate of drug-likeness (QED) is 0.491. The SMILES string of the molecule is O=C1CSC(c2cc(Cl)c(Oc3ccc(O)c(C(=O)NC4CCCCC4)c3)c(Cl)c2)C(=O)N1. The van der Waals surface area contributed by atoms with Gasteiger partial charge in [-0.25, -0.2) is 0 Å². The van der Waals surface area contributed by atoms with Crippen LogP contribution in [-0.4, -0.2) is 34.6 Å². The van der Waals surface area contributed by atoms with Crippen molar-refractivity contribution in [3.63, 3.8) is 0 Å². The zero-order chi connectivity index (χ0) is 23.5. The summed E-state index contributed by atoms with van der Waals surface area (Å²) in [5.74, 6) is -0.704. The van der Waals surface area contributed by atoms with E-state index in [1.54, 1.807) is 12.1 Å². The summed E-state index contributed by atoms with van der Waals surface area (Å²) in [6.45, 7) is 0. The molecule has 1 unspecified atom stereocenters. The van der Waals surface area contributed by atoms with E-state index in [2.05, 4.69) is 10.6 Å². The van der Waals surface area contributed by atoms with Crippen molar-refractivity contribution in [2.45, 2.75) is 43.4 Å². The molecule has 0 aromatic heterocycles. The summed E-state index contributed by atoms with van der Waals surface area (Å²) >= 11 is 14.0. The van der Waals surface area contributed by atoms with Crippen LogP contribution < -0.4 is 15.4 Å². The molecule has 33 heavy (non-hydrogen) atoms. The molecule has 1 heterocycles. The molecule has 1 saturated carbocycles. The number of hydrogen-bond donors (Lipinski definition) is 3. The molecule has 3 amide bonds. The van der Waals surface area contributed by atoms with Gasteiger partial charge in [-0.1, -0.05) is 42.5 Å². The van der Waals surface area contributed by atoms with Gasteiger partial charge < -0.3 is 15.2 Å². The maximum atomic E-state index is 12.7. The summed E-state index contributed by atoms with van der Waals surface area (Å²) in [7, 11) is 0. The van der Waals surface area contributed by atoms with Crippen LogP contribution in [0.3, 0.4) is 0 Å². The Bertz CT molecular complexity index is 1080. The standard InChI is InChI=1S/C23H22Cl2N2O5S/c24-16-8-12(21-23(31)27-19(29)11-33-21)9-17(25)20(16)32-14-6-7-18(28)15(10-14)22(30)26-13-4-2-1-3-5-13/h6-10,13,21,28H,1-5,11H2,(H,26,30)(H,27,29,31). The predicted octanol–water partition coefficient (Wildman–Crippen LogP) is 4.98. The topological polar surface area (TPSA) is 105 Å². The Labute approximate surface area is 205 Å². The van der Waals surface area contributed by atoms with Crippen LogP contribution in [0.25, 0.3) is 0 Å². The number of aromatic hydroxyl groups is 1. The first-order valence-electron chi connectivity index (χ1n) is 10.6. The zero-order valence-electron chi connectivity index (χ0n) is 17.5. The minimum Gasteiger partial charge on any atom is -0.507 e. The molecule has 1 aliphatic carbocycles. The summed E-state index contributed by atoms with van der Waals surface area (Å²) in [6, 6.07) is 7.53. The third kappa shape index (κ3) is 5.57. The summed E-state index contributed by atoms with van der Waals surface area (Å²) < 4.78 is 5.85. The van der Waals surface area contributed by atoms with Gasteiger partial charge in [0.2, 0.25) is 11.8 Å². The summed E-state index contributed by atoms with van der Waals surface area (Å²) in [5.41, 5.74) is 0.646. The monoisotopic (exact) mass is 508 g/mol. The number of phenols is 1. The number of carbonyl (C=O) groups is 3. The molecule has 1 atom stereocenters. The molecule has 0 bridgehead atoms. The first kappa shape index (κ1) is 23.7. The van der Waals surface area contributed by atoms with Gasteiger partial charge in [0, 0.05) is 6.04 Å². The van der Waals surface area contributed by atoms with E-state index >= 15 is 0 Å². The van der Waals surface area contributed by atoms with Crippen LogP contribution in [0.15, 0.2) is 30.3 Å². The molecule has 2 aromatic carbocycles. The highest BCUT2D eigenvalue weighted by Crippen LogP contribution is 2.42. The van der Waals surface area contributed by atoms with Gasteiger partial charge in [-0.3, -0.25) is 19.7 Å². The third-order valence-electron chi connectivity index (χ3n) is 5.58. The van der Waals surface area contributed by atoms with Gasteiger partial charge in [0.15, 0.2) is 5.75 Å². The molecule has 3 N–H and O–H groups in total. The highest BCUT2D eigenvalue weighted by atomic mass is 35.5. The van der Waals surface area contributed by atoms with E-state index in [0.29, 0.717) is 5.56 Å². The molecule has 0 radical (unpaired) electrons. The fourth-order valence-corrected chi connectivity index (χ4v) is 5.45. The number of phenolic OH excluding ortho intramolecular Hbond substituents is 1. The van der Waals surface area contributed by atoms with E-state index in [0.717, 1.165) is 25.7 Å². The number of halogens is 2. The van der Waals surface area contributed by atoms with Crippen molar-refractivity contribution < 1.29 is 24.2 Å². The van der Waals surface area contributed by atoms with Crippen molar-refractivity contribution in [3.8, 4) is 17.2 Å². The van der Waals surface area contributed by atoms with Crippen molar-refractivity contribution in [3.05, 3.63) is 51.5 Å². The molecule has 2 fully saturated rings. The second-order valence-electron chi connectivity index (χ2n) is 8.01. The lowest BCUT2D eigenvalue weighted by atomic mass is 9.95. The lowest BCUT2D eigenvalue weighted by Gasteiger charge is -2.23. The van der Waals surface area contributed by atoms with E-state index in [9.17, 15) is 19.5 Å². The Morgan fingerprint density at radius 2 is 1.79 bits per heavy atom. The lowest BCUT2D eigenvalue weighted by molar-refractivity contribution is -0.129. The molecule has 2 aliphatic rings. The number of amides is 3. The van der Waals surface area contributed by atoms with E-state index in [-0.39, 0.29) is 56.5 Å². The van der Waals surface area contributed by atoms with Gasteiger partial charge >= 0.3 is 0 Å². The second kappa shape index (κ2) is 10.2. The largest absolute Gasteiger partial charge is 0.507 e. The summed E-state index contributed by atoms with van der Waals surface area (Å²) in [4.78, 5) is 36.2. The normalized spacial score (nSPS) is 19.2. The third-order valence-corrected chi connectivity index (χ3v) is 7.39. The van der Waals surface area contributed by atoms with Crippen LogP contribution in [0.5, 0.6) is 17.2 Å². The molecule has 2 aromatic rings. The average molecular weight is 509 g/mol. The van der Waals surface area contributed by atoms with Crippen molar-refractivity contribution in [2.24, 2.45) is 0 Å². The van der Waals surface area contributed by atoms with Gasteiger partial charge in [-0.05, 0) is 48.7 Å². The molecule has 1 aliphatic heterocycles. The van der Waals surface area contributed by atoms with E-state index in [1.165, 1.54) is 36.4 Å². The van der Waals surface area contributed by atoms with Crippen LogP contribution >= 0.6 is 35.0 Å². The fraction of sp³-hybridized carbons (Fsp3) is 0.348. The minimum absolute atomic E-state index is 0.0943. The number of thioether (sulfide) groups is 1. The average Bonchev–Trinajstić information content (AvgIpc) is 2.78. The molecular formula is C23H22Cl2N2O5S. The van der Waals surface area contributed by atoms with Crippen molar-refractivity contribution in [1.82, 2.24) is 10.6 Å². The maximum Gasteiger partial charge on any atom is 0.255 e. The van der Waals surface area contributed by atoms with E-state index < -0.39 is 11.2 Å². The van der Waals surface area contributed by atoms with E-state index in [1.807, 2.05) is 0 Å². The van der Waals surface area contributed by atoms with Gasteiger partial charge in [0.05, 0.1) is 21.4 Å². The van der Waals surface area contributed by atoms with Gasteiger partial charge in [-0.2, -0.15) is 0 Å². The Morgan fingerprint density at radius 3 is 2.45 bits per heavy atom. The Hall–Kier alpha value is -2.42. The summed E-state index contributed by atoms with van der Waals surface area (Å²) in [6.07, 6.45) is 5.16. The Balaban J connectivity index is 1.52. The number of carbonyl (C=O) groups excluding carboxylic acids is 3. The highest BCUT2D eigenvalue weighted by Gasteiger charge is 2.30. The van der Waals surface area contributed by atoms with Crippen molar-refractivity contribution >= 4 is 52.7 Å². The Kier molecular flexibility index (Phi) is 7.36. The number of ether oxygens (including phenoxy) is 1. The summed E-state index contributed by atoms with van der Waals surface area (Å²) in [5, 5.41) is 15.2. The number of hydrogen-bond acceptors (Lipinski definition) is 6. The number of nitrogens with one attached hydrogen (secondary N) is 2. The molecule has 174 valence electrons. The van der Waals surface area contributed by atoms with Crippen LogP contribution in [-0.2, 0) is 9.59 Å². The molecular weight excluding hydrogens is 487 g/mol. The molecule has 1 saturated heterocycles. The highest BCUT2D eigenvalue weighted by molar-refractivity contribution is 8.01. The van der Waals surface area contributed by atoms with Gasteiger partial charge in [0.25, 0.3) is 5.91 Å². The zero-order valence-corrected chi connectivity index (χ0v) is 19.9. The molecule has 7 nitrogen and oxygen atoms in total. The first-order valence-corrected chi connectivity index (χ1v) is 12.4. The van der Waals surface area contributed by atoms with Crippen LogP contribution in [0, 0.1) is 0 Å². The van der Waals surface area contributed by atoms with Crippen molar-refractivity contribution in [1.29, 1.82) is 0 Å². The van der Waals surface area contributed by atoms with Gasteiger partial charge in [0.1, 0.15) is 16.7 Å².